The summed E-state index contributed by atoms with van der Waals surface area (Å²) >= 11 is 0. The maximum absolute atomic E-state index is 12.8. The number of nitrogens with zero attached hydrogens (tertiary/aromatic N) is 1. The van der Waals surface area contributed by atoms with Crippen molar-refractivity contribution in [2.75, 3.05) is 29.9 Å². The number of carbonyl (C=O) groups excluding carboxylic acids is 2. The van der Waals surface area contributed by atoms with E-state index >= 15 is 0 Å². The van der Waals surface area contributed by atoms with Crippen LogP contribution in [0, 0.1) is 0 Å². The van der Waals surface area contributed by atoms with Gasteiger partial charge in [-0.3, -0.25) is 9.59 Å². The van der Waals surface area contributed by atoms with Crippen LogP contribution in [0.1, 0.15) is 54.9 Å². The van der Waals surface area contributed by atoms with Gasteiger partial charge in [0.1, 0.15) is 0 Å². The highest BCUT2D eigenvalue weighted by Gasteiger charge is 2.19. The highest BCUT2D eigenvalue weighted by molar-refractivity contribution is 6.02. The van der Waals surface area contributed by atoms with Gasteiger partial charge in [-0.2, -0.15) is 0 Å². The first-order chi connectivity index (χ1) is 14.2. The standard InChI is InChI=1S/C24H31N3O2/c1-2-15-25-24(29)21-18-20(12-13-22(21)27-16-7-4-8-17-27)26-23(28)14-11-19-9-5-3-6-10-19/h3,5-6,9-10,12-13,18H,2,4,7-8,11,14-17H2,1H3,(H,25,29)(H,26,28). The van der Waals surface area contributed by atoms with E-state index in [4.69, 9.17) is 0 Å². The molecule has 1 aliphatic rings. The molecule has 0 spiro atoms. The Morgan fingerprint density at radius 1 is 1.00 bits per heavy atom. The molecule has 0 aromatic heterocycles. The van der Waals surface area contributed by atoms with Crippen molar-refractivity contribution in [3.8, 4) is 0 Å². The molecule has 0 atom stereocenters. The first kappa shape index (κ1) is 20.9. The van der Waals surface area contributed by atoms with Crippen LogP contribution >= 0.6 is 0 Å². The lowest BCUT2D eigenvalue weighted by Crippen LogP contribution is -2.33. The molecule has 1 aliphatic heterocycles. The number of benzene rings is 2. The van der Waals surface area contributed by atoms with Crippen LogP contribution in [0.4, 0.5) is 11.4 Å². The van der Waals surface area contributed by atoms with Crippen LogP contribution in [0.25, 0.3) is 0 Å². The Kier molecular flexibility index (Phi) is 7.68. The van der Waals surface area contributed by atoms with Crippen molar-refractivity contribution in [1.29, 1.82) is 0 Å². The van der Waals surface area contributed by atoms with Crippen LogP contribution in [0.2, 0.25) is 0 Å². The third-order valence-corrected chi connectivity index (χ3v) is 5.24. The summed E-state index contributed by atoms with van der Waals surface area (Å²) in [6.45, 7) is 4.62. The Morgan fingerprint density at radius 3 is 2.48 bits per heavy atom. The number of anilines is 2. The summed E-state index contributed by atoms with van der Waals surface area (Å²) < 4.78 is 0. The molecule has 0 unspecified atom stereocenters. The molecule has 2 aromatic rings. The number of aryl methyl sites for hydroxylation is 1. The van der Waals surface area contributed by atoms with Crippen LogP contribution in [0.5, 0.6) is 0 Å². The Bertz CT molecular complexity index is 814. The molecule has 2 N–H and O–H groups in total. The molecule has 3 rings (SSSR count). The van der Waals surface area contributed by atoms with Gasteiger partial charge in [0, 0.05) is 37.4 Å². The summed E-state index contributed by atoms with van der Waals surface area (Å²) in [4.78, 5) is 27.5. The summed E-state index contributed by atoms with van der Waals surface area (Å²) in [7, 11) is 0. The van der Waals surface area contributed by atoms with Crippen LogP contribution in [-0.4, -0.2) is 31.4 Å². The zero-order valence-corrected chi connectivity index (χ0v) is 17.2. The van der Waals surface area contributed by atoms with Crippen molar-refractivity contribution < 1.29 is 9.59 Å². The Labute approximate surface area is 173 Å². The van der Waals surface area contributed by atoms with Gasteiger partial charge in [-0.25, -0.2) is 0 Å². The average molecular weight is 394 g/mol. The summed E-state index contributed by atoms with van der Waals surface area (Å²) in [6, 6.07) is 15.7. The summed E-state index contributed by atoms with van der Waals surface area (Å²) in [6.07, 6.45) is 5.53. The van der Waals surface area contributed by atoms with Crippen molar-refractivity contribution in [2.24, 2.45) is 0 Å². The molecule has 0 bridgehead atoms. The second kappa shape index (κ2) is 10.6. The summed E-state index contributed by atoms with van der Waals surface area (Å²) in [5.74, 6) is -0.118. The van der Waals surface area contributed by atoms with Crippen LogP contribution in [0.15, 0.2) is 48.5 Å². The van der Waals surface area contributed by atoms with Crippen molar-refractivity contribution in [3.63, 3.8) is 0 Å². The fraction of sp³-hybridized carbons (Fsp3) is 0.417. The van der Waals surface area contributed by atoms with Crippen molar-refractivity contribution >= 4 is 23.2 Å². The quantitative estimate of drug-likeness (QED) is 0.699. The van der Waals surface area contributed by atoms with E-state index in [1.807, 2.05) is 55.5 Å². The van der Waals surface area contributed by atoms with E-state index in [-0.39, 0.29) is 11.8 Å². The van der Waals surface area contributed by atoms with Gasteiger partial charge in [0.2, 0.25) is 5.91 Å². The third-order valence-electron chi connectivity index (χ3n) is 5.24. The number of piperidine rings is 1. The highest BCUT2D eigenvalue weighted by atomic mass is 16.2. The minimum atomic E-state index is -0.0761. The van der Waals surface area contributed by atoms with Gasteiger partial charge >= 0.3 is 0 Å². The van der Waals surface area contributed by atoms with Gasteiger partial charge < -0.3 is 15.5 Å². The number of nitrogens with one attached hydrogen (secondary N) is 2. The second-order valence-electron chi connectivity index (χ2n) is 7.57. The predicted octanol–water partition coefficient (Wildman–Crippen LogP) is 4.39. The molecule has 0 saturated carbocycles. The minimum absolute atomic E-state index is 0.0421. The van der Waals surface area contributed by atoms with E-state index in [2.05, 4.69) is 15.5 Å². The molecule has 0 radical (unpaired) electrons. The minimum Gasteiger partial charge on any atom is -0.371 e. The van der Waals surface area contributed by atoms with Crippen LogP contribution < -0.4 is 15.5 Å². The topological polar surface area (TPSA) is 61.4 Å². The molecule has 1 heterocycles. The molecular formula is C24H31N3O2. The molecule has 29 heavy (non-hydrogen) atoms. The highest BCUT2D eigenvalue weighted by Crippen LogP contribution is 2.27. The molecule has 2 aromatic carbocycles. The SMILES string of the molecule is CCCNC(=O)c1cc(NC(=O)CCc2ccccc2)ccc1N1CCCCC1. The van der Waals surface area contributed by atoms with Crippen molar-refractivity contribution in [1.82, 2.24) is 5.32 Å². The Hall–Kier alpha value is -2.82. The van der Waals surface area contributed by atoms with Crippen molar-refractivity contribution in [3.05, 3.63) is 59.7 Å². The van der Waals surface area contributed by atoms with E-state index in [1.165, 1.54) is 6.42 Å². The lowest BCUT2D eigenvalue weighted by Gasteiger charge is -2.30. The van der Waals surface area contributed by atoms with E-state index in [9.17, 15) is 9.59 Å². The molecule has 1 fully saturated rings. The number of amides is 2. The van der Waals surface area contributed by atoms with E-state index in [1.54, 1.807) is 0 Å². The van der Waals surface area contributed by atoms with Crippen LogP contribution in [-0.2, 0) is 11.2 Å². The van der Waals surface area contributed by atoms with Gasteiger partial charge in [-0.1, -0.05) is 37.3 Å². The number of hydrogen-bond acceptors (Lipinski definition) is 3. The van der Waals surface area contributed by atoms with Gasteiger partial charge in [-0.05, 0) is 55.9 Å². The Balaban J connectivity index is 1.71. The zero-order valence-electron chi connectivity index (χ0n) is 17.2. The molecule has 154 valence electrons. The Morgan fingerprint density at radius 2 is 1.76 bits per heavy atom. The van der Waals surface area contributed by atoms with Gasteiger partial charge in [-0.15, -0.1) is 0 Å². The fourth-order valence-corrected chi connectivity index (χ4v) is 3.67. The van der Waals surface area contributed by atoms with E-state index < -0.39 is 0 Å². The molecule has 0 aliphatic carbocycles. The van der Waals surface area contributed by atoms with E-state index in [0.29, 0.717) is 30.6 Å². The number of hydrogen-bond donors (Lipinski definition) is 2. The number of rotatable bonds is 8. The first-order valence-corrected chi connectivity index (χ1v) is 10.7. The summed E-state index contributed by atoms with van der Waals surface area (Å²) in [5.41, 5.74) is 3.41. The lowest BCUT2D eigenvalue weighted by atomic mass is 10.1. The van der Waals surface area contributed by atoms with Crippen LogP contribution in [0.3, 0.4) is 0 Å². The normalized spacial score (nSPS) is 13.8. The maximum Gasteiger partial charge on any atom is 0.253 e. The second-order valence-corrected chi connectivity index (χ2v) is 7.57. The predicted molar refractivity (Wildman–Crippen MR) is 119 cm³/mol. The zero-order chi connectivity index (χ0) is 20.5. The molecule has 5 nitrogen and oxygen atoms in total. The van der Waals surface area contributed by atoms with Crippen molar-refractivity contribution in [2.45, 2.75) is 45.4 Å². The third kappa shape index (κ3) is 6.08. The molecule has 2 amide bonds. The largest absolute Gasteiger partial charge is 0.371 e. The maximum atomic E-state index is 12.8. The molecular weight excluding hydrogens is 362 g/mol. The monoisotopic (exact) mass is 393 g/mol. The molecule has 1 saturated heterocycles. The summed E-state index contributed by atoms with van der Waals surface area (Å²) in [5, 5.41) is 5.93. The van der Waals surface area contributed by atoms with E-state index in [0.717, 1.165) is 43.6 Å². The molecule has 5 heteroatoms. The smallest absolute Gasteiger partial charge is 0.253 e. The first-order valence-electron chi connectivity index (χ1n) is 10.7. The lowest BCUT2D eigenvalue weighted by molar-refractivity contribution is -0.116. The van der Waals surface area contributed by atoms with Gasteiger partial charge in [0.25, 0.3) is 5.91 Å². The average Bonchev–Trinajstić information content (AvgIpc) is 2.77. The van der Waals surface area contributed by atoms with Gasteiger partial charge in [0.05, 0.1) is 5.56 Å². The fourth-order valence-electron chi connectivity index (χ4n) is 3.67. The number of carbonyl (C=O) groups is 2. The van der Waals surface area contributed by atoms with Gasteiger partial charge in [0.15, 0.2) is 0 Å².